The van der Waals surface area contributed by atoms with Gasteiger partial charge in [0.25, 0.3) is 5.91 Å². The van der Waals surface area contributed by atoms with Gasteiger partial charge in [-0.3, -0.25) is 9.59 Å². The number of nitrogens with one attached hydrogen (secondary N) is 2. The lowest BCUT2D eigenvalue weighted by molar-refractivity contribution is -0.118. The van der Waals surface area contributed by atoms with Crippen molar-refractivity contribution < 1.29 is 14.3 Å². The number of hydrogen-bond acceptors (Lipinski definition) is 6. The van der Waals surface area contributed by atoms with E-state index in [1.807, 2.05) is 24.3 Å². The molecule has 0 atom stereocenters. The van der Waals surface area contributed by atoms with Crippen LogP contribution in [0.4, 0.5) is 11.4 Å². The van der Waals surface area contributed by atoms with Crippen LogP contribution < -0.4 is 15.4 Å². The van der Waals surface area contributed by atoms with Gasteiger partial charge in [-0.25, -0.2) is 4.68 Å². The van der Waals surface area contributed by atoms with Gasteiger partial charge in [-0.2, -0.15) is 0 Å². The number of benzene rings is 2. The number of tetrazole rings is 1. The lowest BCUT2D eigenvalue weighted by Crippen LogP contribution is -2.25. The van der Waals surface area contributed by atoms with Gasteiger partial charge >= 0.3 is 0 Å². The SMILES string of the molecule is O=C(Cc1ccc(-n2cnnn2)cc1)Nc1ccc2c(c1)NC(=O)CO2. The number of rotatable bonds is 4. The van der Waals surface area contributed by atoms with Crippen molar-refractivity contribution in [1.29, 1.82) is 0 Å². The third-order valence-electron chi connectivity index (χ3n) is 3.81. The van der Waals surface area contributed by atoms with Crippen molar-refractivity contribution in [3.63, 3.8) is 0 Å². The molecule has 130 valence electrons. The van der Waals surface area contributed by atoms with E-state index in [9.17, 15) is 9.59 Å². The fourth-order valence-electron chi connectivity index (χ4n) is 2.60. The summed E-state index contributed by atoms with van der Waals surface area (Å²) in [6.07, 6.45) is 1.72. The molecule has 9 heteroatoms. The quantitative estimate of drug-likeness (QED) is 0.731. The molecular weight excluding hydrogens is 336 g/mol. The van der Waals surface area contributed by atoms with E-state index in [1.165, 1.54) is 11.0 Å². The number of amides is 2. The highest BCUT2D eigenvalue weighted by atomic mass is 16.5. The van der Waals surface area contributed by atoms with Crippen LogP contribution in [0.2, 0.25) is 0 Å². The molecule has 0 unspecified atom stereocenters. The minimum absolute atomic E-state index is 0.000638. The average molecular weight is 350 g/mol. The predicted molar refractivity (Wildman–Crippen MR) is 92.1 cm³/mol. The number of hydrogen-bond donors (Lipinski definition) is 2. The Hall–Kier alpha value is -3.75. The molecular formula is C17H14N6O3. The Bertz CT molecular complexity index is 953. The highest BCUT2D eigenvalue weighted by Crippen LogP contribution is 2.30. The Labute approximate surface area is 148 Å². The van der Waals surface area contributed by atoms with Crippen molar-refractivity contribution in [3.05, 3.63) is 54.4 Å². The number of nitrogens with zero attached hydrogens (tertiary/aromatic N) is 4. The van der Waals surface area contributed by atoms with Crippen LogP contribution in [0.15, 0.2) is 48.8 Å². The smallest absolute Gasteiger partial charge is 0.262 e. The molecule has 1 aliphatic heterocycles. The van der Waals surface area contributed by atoms with Gasteiger partial charge in [0.05, 0.1) is 17.8 Å². The molecule has 0 spiro atoms. The molecule has 26 heavy (non-hydrogen) atoms. The average Bonchev–Trinajstić information content (AvgIpc) is 3.16. The second-order valence-corrected chi connectivity index (χ2v) is 5.69. The van der Waals surface area contributed by atoms with Gasteiger partial charge in [0.2, 0.25) is 5.91 Å². The first-order valence-corrected chi connectivity index (χ1v) is 7.86. The highest BCUT2D eigenvalue weighted by molar-refractivity contribution is 5.98. The third-order valence-corrected chi connectivity index (χ3v) is 3.81. The number of carbonyl (C=O) groups excluding carboxylic acids is 2. The highest BCUT2D eigenvalue weighted by Gasteiger charge is 2.16. The molecule has 3 aromatic rings. The van der Waals surface area contributed by atoms with Crippen LogP contribution in [-0.4, -0.2) is 38.6 Å². The summed E-state index contributed by atoms with van der Waals surface area (Å²) in [7, 11) is 0. The van der Waals surface area contributed by atoms with Crippen molar-refractivity contribution in [2.75, 3.05) is 17.2 Å². The maximum atomic E-state index is 12.3. The van der Waals surface area contributed by atoms with E-state index in [0.29, 0.717) is 17.1 Å². The van der Waals surface area contributed by atoms with Crippen LogP contribution in [0.1, 0.15) is 5.56 Å². The summed E-state index contributed by atoms with van der Waals surface area (Å²) < 4.78 is 6.83. The topological polar surface area (TPSA) is 111 Å². The molecule has 2 heterocycles. The van der Waals surface area contributed by atoms with Crippen LogP contribution >= 0.6 is 0 Å². The van der Waals surface area contributed by atoms with Crippen molar-refractivity contribution in [3.8, 4) is 11.4 Å². The minimum Gasteiger partial charge on any atom is -0.482 e. The van der Waals surface area contributed by atoms with E-state index in [4.69, 9.17) is 4.74 Å². The van der Waals surface area contributed by atoms with E-state index >= 15 is 0 Å². The standard InChI is InChI=1S/C17H14N6O3/c24-16(7-11-1-4-13(5-2-11)23-10-18-21-22-23)19-12-3-6-15-14(8-12)20-17(25)9-26-15/h1-6,8,10H,7,9H2,(H,19,24)(H,20,25). The van der Waals surface area contributed by atoms with E-state index < -0.39 is 0 Å². The summed E-state index contributed by atoms with van der Waals surface area (Å²) in [6, 6.07) is 12.5. The van der Waals surface area contributed by atoms with Crippen molar-refractivity contribution >= 4 is 23.2 Å². The van der Waals surface area contributed by atoms with Gasteiger partial charge in [0.15, 0.2) is 6.61 Å². The minimum atomic E-state index is -0.219. The molecule has 2 N–H and O–H groups in total. The van der Waals surface area contributed by atoms with Gasteiger partial charge < -0.3 is 15.4 Å². The van der Waals surface area contributed by atoms with E-state index in [0.717, 1.165) is 11.3 Å². The van der Waals surface area contributed by atoms with Crippen LogP contribution in [-0.2, 0) is 16.0 Å². The number of fused-ring (bicyclic) bond motifs is 1. The van der Waals surface area contributed by atoms with Gasteiger partial charge in [0.1, 0.15) is 12.1 Å². The normalized spacial score (nSPS) is 12.7. The Kier molecular flexibility index (Phi) is 4.02. The zero-order chi connectivity index (χ0) is 17.9. The molecule has 0 saturated heterocycles. The van der Waals surface area contributed by atoms with Crippen molar-refractivity contribution in [2.45, 2.75) is 6.42 Å². The molecule has 0 saturated carbocycles. The van der Waals surface area contributed by atoms with E-state index in [2.05, 4.69) is 26.2 Å². The summed E-state index contributed by atoms with van der Waals surface area (Å²) in [4.78, 5) is 23.6. The molecule has 0 fully saturated rings. The first kappa shape index (κ1) is 15.8. The monoisotopic (exact) mass is 350 g/mol. The lowest BCUT2D eigenvalue weighted by Gasteiger charge is -2.18. The predicted octanol–water partition coefficient (Wildman–Crippen LogP) is 1.17. The molecule has 9 nitrogen and oxygen atoms in total. The van der Waals surface area contributed by atoms with Crippen molar-refractivity contribution in [2.24, 2.45) is 0 Å². The summed E-state index contributed by atoms with van der Waals surface area (Å²) >= 11 is 0. The summed E-state index contributed by atoms with van der Waals surface area (Å²) in [5.41, 5.74) is 2.80. The zero-order valence-electron chi connectivity index (χ0n) is 13.5. The fourth-order valence-corrected chi connectivity index (χ4v) is 2.60. The Balaban J connectivity index is 1.41. The first-order chi connectivity index (χ1) is 12.7. The second-order valence-electron chi connectivity index (χ2n) is 5.69. The maximum Gasteiger partial charge on any atom is 0.262 e. The molecule has 0 radical (unpaired) electrons. The Morgan fingerprint density at radius 3 is 2.85 bits per heavy atom. The fraction of sp³-hybridized carbons (Fsp3) is 0.118. The molecule has 1 aliphatic rings. The summed E-state index contributed by atoms with van der Waals surface area (Å²) in [6.45, 7) is -0.000638. The molecule has 2 amide bonds. The Morgan fingerprint density at radius 2 is 2.08 bits per heavy atom. The van der Waals surface area contributed by atoms with Crippen LogP contribution in [0.5, 0.6) is 5.75 Å². The summed E-state index contributed by atoms with van der Waals surface area (Å²) in [5, 5.41) is 16.5. The van der Waals surface area contributed by atoms with Crippen LogP contribution in [0, 0.1) is 0 Å². The van der Waals surface area contributed by atoms with E-state index in [1.54, 1.807) is 18.2 Å². The molecule has 0 aliphatic carbocycles. The molecule has 2 aromatic carbocycles. The number of carbonyl (C=O) groups is 2. The second kappa shape index (κ2) is 6.63. The number of aromatic nitrogens is 4. The van der Waals surface area contributed by atoms with Gasteiger partial charge in [-0.1, -0.05) is 12.1 Å². The van der Waals surface area contributed by atoms with E-state index in [-0.39, 0.29) is 24.8 Å². The molecule has 4 rings (SSSR count). The number of anilines is 2. The first-order valence-electron chi connectivity index (χ1n) is 7.86. The lowest BCUT2D eigenvalue weighted by atomic mass is 10.1. The largest absolute Gasteiger partial charge is 0.482 e. The van der Waals surface area contributed by atoms with Crippen molar-refractivity contribution in [1.82, 2.24) is 20.2 Å². The zero-order valence-corrected chi connectivity index (χ0v) is 13.5. The third kappa shape index (κ3) is 3.36. The van der Waals surface area contributed by atoms with Gasteiger partial charge in [-0.15, -0.1) is 5.10 Å². The van der Waals surface area contributed by atoms with Crippen LogP contribution in [0.3, 0.4) is 0 Å². The molecule has 1 aromatic heterocycles. The molecule has 0 bridgehead atoms. The Morgan fingerprint density at radius 1 is 1.23 bits per heavy atom. The number of ether oxygens (including phenoxy) is 1. The summed E-state index contributed by atoms with van der Waals surface area (Å²) in [5.74, 6) is 0.201. The van der Waals surface area contributed by atoms with Gasteiger partial charge in [0, 0.05) is 5.69 Å². The van der Waals surface area contributed by atoms with Crippen LogP contribution in [0.25, 0.3) is 5.69 Å². The van der Waals surface area contributed by atoms with Gasteiger partial charge in [-0.05, 0) is 46.3 Å². The maximum absolute atomic E-state index is 12.3.